The molecule has 0 aliphatic carbocycles. The summed E-state index contributed by atoms with van der Waals surface area (Å²) in [5, 5.41) is 3.10. The van der Waals surface area contributed by atoms with E-state index in [-0.39, 0.29) is 10.9 Å². The van der Waals surface area contributed by atoms with Gasteiger partial charge in [-0.15, -0.1) is 11.8 Å². The van der Waals surface area contributed by atoms with Crippen molar-refractivity contribution in [2.45, 2.75) is 36.9 Å². The minimum absolute atomic E-state index is 0.103. The lowest BCUT2D eigenvalue weighted by Crippen LogP contribution is -2.22. The van der Waals surface area contributed by atoms with Crippen molar-refractivity contribution in [1.29, 1.82) is 0 Å². The summed E-state index contributed by atoms with van der Waals surface area (Å²) in [7, 11) is 0. The van der Waals surface area contributed by atoms with E-state index in [1.54, 1.807) is 12.3 Å². The SMILES string of the molecule is CCC(CCN)Nc1ccc(SC)c(C(F)(F)F)c1. The molecule has 0 saturated carbocycles. The summed E-state index contributed by atoms with van der Waals surface area (Å²) in [5.41, 5.74) is 5.38. The first kappa shape index (κ1) is 16.2. The second kappa shape index (κ2) is 7.05. The monoisotopic (exact) mass is 292 g/mol. The topological polar surface area (TPSA) is 38.0 Å². The van der Waals surface area contributed by atoms with Gasteiger partial charge in [-0.1, -0.05) is 6.92 Å². The first-order chi connectivity index (χ1) is 8.92. The second-order valence-electron chi connectivity index (χ2n) is 4.24. The number of halogens is 3. The highest BCUT2D eigenvalue weighted by molar-refractivity contribution is 7.98. The number of anilines is 1. The summed E-state index contributed by atoms with van der Waals surface area (Å²) in [6.07, 6.45) is -1.13. The molecular weight excluding hydrogens is 273 g/mol. The lowest BCUT2D eigenvalue weighted by molar-refractivity contribution is -0.139. The Kier molecular flexibility index (Phi) is 6.00. The summed E-state index contributed by atoms with van der Waals surface area (Å²) >= 11 is 1.10. The molecule has 0 saturated heterocycles. The van der Waals surface area contributed by atoms with Crippen LogP contribution in [-0.4, -0.2) is 18.8 Å². The molecule has 1 atom stereocenters. The van der Waals surface area contributed by atoms with Crippen LogP contribution in [0, 0.1) is 0 Å². The Balaban J connectivity index is 2.98. The number of hydrogen-bond acceptors (Lipinski definition) is 3. The fourth-order valence-corrected chi connectivity index (χ4v) is 2.43. The number of nitrogens with one attached hydrogen (secondary N) is 1. The molecule has 2 nitrogen and oxygen atoms in total. The molecule has 0 fully saturated rings. The quantitative estimate of drug-likeness (QED) is 0.779. The van der Waals surface area contributed by atoms with E-state index in [1.165, 1.54) is 12.1 Å². The zero-order valence-corrected chi connectivity index (χ0v) is 11.9. The van der Waals surface area contributed by atoms with Crippen molar-refractivity contribution < 1.29 is 13.2 Å². The van der Waals surface area contributed by atoms with Gasteiger partial charge < -0.3 is 11.1 Å². The van der Waals surface area contributed by atoms with Crippen molar-refractivity contribution in [2.75, 3.05) is 18.1 Å². The predicted octanol–water partition coefficient (Wildman–Crippen LogP) is 3.97. The molecule has 1 unspecified atom stereocenters. The highest BCUT2D eigenvalue weighted by Crippen LogP contribution is 2.37. The van der Waals surface area contributed by atoms with Crippen LogP contribution in [-0.2, 0) is 6.18 Å². The first-order valence-electron chi connectivity index (χ1n) is 6.14. The van der Waals surface area contributed by atoms with E-state index in [9.17, 15) is 13.2 Å². The molecular formula is C13H19F3N2S. The molecule has 6 heteroatoms. The van der Waals surface area contributed by atoms with Crippen molar-refractivity contribution in [1.82, 2.24) is 0 Å². The number of hydrogen-bond donors (Lipinski definition) is 2. The minimum Gasteiger partial charge on any atom is -0.382 e. The summed E-state index contributed by atoms with van der Waals surface area (Å²) in [6, 6.07) is 4.46. The predicted molar refractivity (Wildman–Crippen MR) is 74.6 cm³/mol. The minimum atomic E-state index is -4.33. The number of rotatable bonds is 6. The Hall–Kier alpha value is -0.880. The Labute approximate surface area is 115 Å². The van der Waals surface area contributed by atoms with Crippen molar-refractivity contribution in [3.63, 3.8) is 0 Å². The van der Waals surface area contributed by atoms with Crippen molar-refractivity contribution in [3.05, 3.63) is 23.8 Å². The van der Waals surface area contributed by atoms with Crippen LogP contribution in [0.2, 0.25) is 0 Å². The van der Waals surface area contributed by atoms with Gasteiger partial charge >= 0.3 is 6.18 Å². The van der Waals surface area contributed by atoms with Crippen molar-refractivity contribution in [3.8, 4) is 0 Å². The number of thioether (sulfide) groups is 1. The highest BCUT2D eigenvalue weighted by atomic mass is 32.2. The molecule has 0 heterocycles. The zero-order valence-electron chi connectivity index (χ0n) is 11.1. The van der Waals surface area contributed by atoms with Crippen molar-refractivity contribution >= 4 is 17.4 Å². The molecule has 1 aromatic rings. The fraction of sp³-hybridized carbons (Fsp3) is 0.538. The maximum atomic E-state index is 12.9. The van der Waals surface area contributed by atoms with Gasteiger partial charge in [0, 0.05) is 16.6 Å². The fourth-order valence-electron chi connectivity index (χ4n) is 1.83. The van der Waals surface area contributed by atoms with E-state index < -0.39 is 11.7 Å². The third-order valence-electron chi connectivity index (χ3n) is 2.88. The van der Waals surface area contributed by atoms with Gasteiger partial charge in [-0.05, 0) is 43.8 Å². The van der Waals surface area contributed by atoms with Crippen molar-refractivity contribution in [2.24, 2.45) is 5.73 Å². The van der Waals surface area contributed by atoms with Gasteiger partial charge in [-0.2, -0.15) is 13.2 Å². The Bertz CT molecular complexity index is 407. The number of benzene rings is 1. The van der Waals surface area contributed by atoms with Crippen LogP contribution in [0.1, 0.15) is 25.3 Å². The molecule has 0 aliphatic rings. The Morgan fingerprint density at radius 1 is 1.37 bits per heavy atom. The highest BCUT2D eigenvalue weighted by Gasteiger charge is 2.33. The molecule has 108 valence electrons. The number of alkyl halides is 3. The molecule has 0 aromatic heterocycles. The van der Waals surface area contributed by atoms with Gasteiger partial charge in [0.1, 0.15) is 0 Å². The Morgan fingerprint density at radius 2 is 2.05 bits per heavy atom. The maximum absolute atomic E-state index is 12.9. The molecule has 0 spiro atoms. The summed E-state index contributed by atoms with van der Waals surface area (Å²) < 4.78 is 38.8. The molecule has 0 bridgehead atoms. The molecule has 19 heavy (non-hydrogen) atoms. The van der Waals surface area contributed by atoms with Gasteiger partial charge in [-0.3, -0.25) is 0 Å². The van der Waals surface area contributed by atoms with E-state index in [0.717, 1.165) is 24.6 Å². The van der Waals surface area contributed by atoms with Crippen LogP contribution < -0.4 is 11.1 Å². The van der Waals surface area contributed by atoms with E-state index in [2.05, 4.69) is 5.32 Å². The summed E-state index contributed by atoms with van der Waals surface area (Å²) in [4.78, 5) is 0.241. The van der Waals surface area contributed by atoms with Gasteiger partial charge in [0.25, 0.3) is 0 Å². The van der Waals surface area contributed by atoms with E-state index in [4.69, 9.17) is 5.73 Å². The third kappa shape index (κ3) is 4.62. The summed E-state index contributed by atoms with van der Waals surface area (Å²) in [6.45, 7) is 2.49. The maximum Gasteiger partial charge on any atom is 0.417 e. The smallest absolute Gasteiger partial charge is 0.382 e. The molecule has 3 N–H and O–H groups in total. The van der Waals surface area contributed by atoms with Crippen LogP contribution in [0.15, 0.2) is 23.1 Å². The van der Waals surface area contributed by atoms with Crippen LogP contribution in [0.3, 0.4) is 0 Å². The molecule has 0 aliphatic heterocycles. The first-order valence-corrected chi connectivity index (χ1v) is 7.36. The van der Waals surface area contributed by atoms with E-state index in [1.807, 2.05) is 6.92 Å². The van der Waals surface area contributed by atoms with Crippen LogP contribution in [0.25, 0.3) is 0 Å². The zero-order chi connectivity index (χ0) is 14.5. The third-order valence-corrected chi connectivity index (χ3v) is 3.68. The van der Waals surface area contributed by atoms with Gasteiger partial charge in [0.2, 0.25) is 0 Å². The van der Waals surface area contributed by atoms with Gasteiger partial charge in [0.15, 0.2) is 0 Å². The molecule has 0 radical (unpaired) electrons. The van der Waals surface area contributed by atoms with Gasteiger partial charge in [-0.25, -0.2) is 0 Å². The van der Waals surface area contributed by atoms with Crippen LogP contribution in [0.5, 0.6) is 0 Å². The van der Waals surface area contributed by atoms with Gasteiger partial charge in [0.05, 0.1) is 5.56 Å². The number of nitrogens with two attached hydrogens (primary N) is 1. The normalized spacial score (nSPS) is 13.4. The average molecular weight is 292 g/mol. The van der Waals surface area contributed by atoms with Crippen LogP contribution in [0.4, 0.5) is 18.9 Å². The molecule has 0 amide bonds. The van der Waals surface area contributed by atoms with E-state index in [0.29, 0.717) is 12.2 Å². The summed E-state index contributed by atoms with van der Waals surface area (Å²) in [5.74, 6) is 0. The van der Waals surface area contributed by atoms with Crippen LogP contribution >= 0.6 is 11.8 Å². The van der Waals surface area contributed by atoms with E-state index >= 15 is 0 Å². The molecule has 1 rings (SSSR count). The average Bonchev–Trinajstić information content (AvgIpc) is 2.37. The standard InChI is InChI=1S/C13H19F3N2S/c1-3-9(6-7-17)18-10-4-5-12(19-2)11(8-10)13(14,15)16/h4-5,8-9,18H,3,6-7,17H2,1-2H3. The lowest BCUT2D eigenvalue weighted by Gasteiger charge is -2.19. The lowest BCUT2D eigenvalue weighted by atomic mass is 10.1. The molecule has 1 aromatic carbocycles. The second-order valence-corrected chi connectivity index (χ2v) is 5.09. The Morgan fingerprint density at radius 3 is 2.53 bits per heavy atom. The largest absolute Gasteiger partial charge is 0.417 e.